The van der Waals surface area contributed by atoms with Crippen molar-refractivity contribution in [1.29, 1.82) is 0 Å². The number of hydrogen-bond donors (Lipinski definition) is 4. The number of anilines is 2. The van der Waals surface area contributed by atoms with E-state index in [1.165, 1.54) is 11.0 Å². The van der Waals surface area contributed by atoms with E-state index < -0.39 is 50.1 Å². The molecule has 0 saturated heterocycles. The second kappa shape index (κ2) is 15.6. The molecule has 0 unspecified atom stereocenters. The molecule has 46 heavy (non-hydrogen) atoms. The van der Waals surface area contributed by atoms with Crippen LogP contribution in [0.15, 0.2) is 79.0 Å². The van der Waals surface area contributed by atoms with Gasteiger partial charge in [-0.1, -0.05) is 48.6 Å². The van der Waals surface area contributed by atoms with Crippen molar-refractivity contribution in [3.05, 3.63) is 90.1 Å². The lowest BCUT2D eigenvalue weighted by atomic mass is 10.1. The maximum atomic E-state index is 11.6. The minimum absolute atomic E-state index is 0.0565. The number of rotatable bonds is 17. The summed E-state index contributed by atoms with van der Waals surface area (Å²) < 4.78 is 11.7. The zero-order valence-electron chi connectivity index (χ0n) is 24.5. The average molecular weight is 630 g/mol. The van der Waals surface area contributed by atoms with Crippen molar-refractivity contribution < 1.29 is 49.1 Å². The number of carboxylic acids is 4. The summed E-state index contributed by atoms with van der Waals surface area (Å²) in [6, 6.07) is 20.9. The van der Waals surface area contributed by atoms with E-state index >= 15 is 0 Å². The number of aliphatic carboxylic acids is 4. The lowest BCUT2D eigenvalue weighted by Gasteiger charge is -2.25. The maximum absolute atomic E-state index is 11.6. The third-order valence-electron chi connectivity index (χ3n) is 6.57. The van der Waals surface area contributed by atoms with E-state index in [9.17, 15) is 39.6 Å². The van der Waals surface area contributed by atoms with Crippen LogP contribution in [0.1, 0.15) is 11.1 Å². The van der Waals surface area contributed by atoms with Gasteiger partial charge in [0, 0.05) is 11.6 Å². The smallest absolute Gasteiger partial charge is 0.323 e. The van der Waals surface area contributed by atoms with E-state index in [1.807, 2.05) is 42.5 Å². The predicted molar refractivity (Wildman–Crippen MR) is 170 cm³/mol. The summed E-state index contributed by atoms with van der Waals surface area (Å²) in [4.78, 5) is 52.6. The van der Waals surface area contributed by atoms with E-state index in [2.05, 4.69) is 4.98 Å². The SMILES string of the molecule is O=C(O)CN(CC(=O)O)c1ccccc1OCCOc1ccc(/C=C/c2ccnc3ccccc23)cc1N(CC(=O)O)CC(=O)O. The van der Waals surface area contributed by atoms with Crippen LogP contribution >= 0.6 is 0 Å². The molecule has 0 aliphatic carbocycles. The first-order valence-electron chi connectivity index (χ1n) is 14.0. The number of para-hydroxylation sites is 3. The molecule has 0 bridgehead atoms. The summed E-state index contributed by atoms with van der Waals surface area (Å²) in [6.07, 6.45) is 5.39. The zero-order chi connectivity index (χ0) is 33.1. The van der Waals surface area contributed by atoms with Gasteiger partial charge in [0.1, 0.15) is 50.9 Å². The third kappa shape index (κ3) is 9.19. The Kier molecular flexibility index (Phi) is 11.1. The molecule has 3 aromatic carbocycles. The molecule has 0 saturated carbocycles. The van der Waals surface area contributed by atoms with Crippen LogP contribution in [0.4, 0.5) is 11.4 Å². The number of aromatic nitrogens is 1. The van der Waals surface area contributed by atoms with Gasteiger partial charge < -0.3 is 39.7 Å². The van der Waals surface area contributed by atoms with Gasteiger partial charge in [0.2, 0.25) is 0 Å². The minimum atomic E-state index is -1.23. The number of carbonyl (C=O) groups is 4. The highest BCUT2D eigenvalue weighted by Crippen LogP contribution is 2.32. The number of carboxylic acid groups (broad SMARTS) is 4. The van der Waals surface area contributed by atoms with Gasteiger partial charge in [0.25, 0.3) is 0 Å². The largest absolute Gasteiger partial charge is 0.488 e. The molecule has 1 heterocycles. The molecular formula is C33H31N3O10. The van der Waals surface area contributed by atoms with Crippen LogP contribution in [-0.2, 0) is 19.2 Å². The number of pyridine rings is 1. The number of nitrogens with zero attached hydrogens (tertiary/aromatic N) is 3. The monoisotopic (exact) mass is 629 g/mol. The Morgan fingerprint density at radius 2 is 1.17 bits per heavy atom. The summed E-state index contributed by atoms with van der Waals surface area (Å²) in [5.74, 6) is -4.45. The number of ether oxygens (including phenoxy) is 2. The lowest BCUT2D eigenvalue weighted by molar-refractivity contribution is -0.138. The van der Waals surface area contributed by atoms with E-state index in [1.54, 1.807) is 42.6 Å². The Morgan fingerprint density at radius 1 is 0.630 bits per heavy atom. The van der Waals surface area contributed by atoms with Gasteiger partial charge in [-0.25, -0.2) is 0 Å². The molecule has 0 aliphatic rings. The molecule has 0 aliphatic heterocycles. The highest BCUT2D eigenvalue weighted by molar-refractivity contribution is 5.91. The quantitative estimate of drug-likeness (QED) is 0.124. The molecule has 0 radical (unpaired) electrons. The van der Waals surface area contributed by atoms with Crippen LogP contribution in [0.5, 0.6) is 11.5 Å². The fourth-order valence-electron chi connectivity index (χ4n) is 4.71. The summed E-state index contributed by atoms with van der Waals surface area (Å²) in [5, 5.41) is 38.4. The van der Waals surface area contributed by atoms with Crippen molar-refractivity contribution in [3.8, 4) is 11.5 Å². The molecule has 0 atom stereocenters. The van der Waals surface area contributed by atoms with Crippen molar-refractivity contribution >= 4 is 58.3 Å². The van der Waals surface area contributed by atoms with Crippen molar-refractivity contribution in [2.75, 3.05) is 49.2 Å². The molecule has 0 fully saturated rings. The highest BCUT2D eigenvalue weighted by Gasteiger charge is 2.20. The molecule has 0 amide bonds. The Bertz CT molecular complexity index is 1720. The van der Waals surface area contributed by atoms with Crippen LogP contribution in [0.2, 0.25) is 0 Å². The maximum Gasteiger partial charge on any atom is 0.323 e. The second-order valence-electron chi connectivity index (χ2n) is 9.93. The molecule has 13 heteroatoms. The van der Waals surface area contributed by atoms with Crippen LogP contribution < -0.4 is 19.3 Å². The van der Waals surface area contributed by atoms with E-state index in [0.717, 1.165) is 21.4 Å². The van der Waals surface area contributed by atoms with Crippen molar-refractivity contribution in [2.45, 2.75) is 0 Å². The molecule has 13 nitrogen and oxygen atoms in total. The summed E-state index contributed by atoms with van der Waals surface area (Å²) in [6.45, 7) is -2.44. The highest BCUT2D eigenvalue weighted by atomic mass is 16.5. The van der Waals surface area contributed by atoms with Gasteiger partial charge in [0.15, 0.2) is 0 Å². The van der Waals surface area contributed by atoms with Crippen molar-refractivity contribution in [2.24, 2.45) is 0 Å². The van der Waals surface area contributed by atoms with Gasteiger partial charge in [-0.3, -0.25) is 24.2 Å². The van der Waals surface area contributed by atoms with Gasteiger partial charge >= 0.3 is 23.9 Å². The standard InChI is InChI=1S/C33H31N3O10/c37-30(38)18-35(19-31(39)40)26-7-3-4-8-28(26)45-15-16-46-29-12-10-22(17-27(29)36(20-32(41)42)21-33(43)44)9-11-23-13-14-34-25-6-2-1-5-24(23)25/h1-14,17H,15-16,18-21H2,(H,37,38)(H,39,40)(H,41,42)(H,43,44)/b11-9+. The number of fused-ring (bicyclic) bond motifs is 1. The Morgan fingerprint density at radius 3 is 1.80 bits per heavy atom. The summed E-state index contributed by atoms with van der Waals surface area (Å²) in [7, 11) is 0. The topological polar surface area (TPSA) is 187 Å². The number of benzene rings is 3. The second-order valence-corrected chi connectivity index (χ2v) is 9.93. The fourth-order valence-corrected chi connectivity index (χ4v) is 4.71. The van der Waals surface area contributed by atoms with E-state index in [4.69, 9.17) is 9.47 Å². The van der Waals surface area contributed by atoms with Crippen LogP contribution in [0.25, 0.3) is 23.1 Å². The first-order chi connectivity index (χ1) is 22.1. The van der Waals surface area contributed by atoms with E-state index in [-0.39, 0.29) is 36.1 Å². The first-order valence-corrected chi connectivity index (χ1v) is 14.0. The molecule has 1 aromatic heterocycles. The Labute approximate surface area is 263 Å². The molecule has 4 rings (SSSR count). The predicted octanol–water partition coefficient (Wildman–Crippen LogP) is 3.81. The van der Waals surface area contributed by atoms with Gasteiger partial charge in [0.05, 0.1) is 16.9 Å². The molecule has 4 N–H and O–H groups in total. The van der Waals surface area contributed by atoms with Crippen LogP contribution in [0, 0.1) is 0 Å². The third-order valence-corrected chi connectivity index (χ3v) is 6.57. The fraction of sp³-hybridized carbons (Fsp3) is 0.182. The summed E-state index contributed by atoms with van der Waals surface area (Å²) >= 11 is 0. The summed E-state index contributed by atoms with van der Waals surface area (Å²) in [5.41, 5.74) is 2.89. The van der Waals surface area contributed by atoms with Gasteiger partial charge in [-0.05, 0) is 47.5 Å². The Hall–Kier alpha value is -6.11. The molecule has 238 valence electrons. The van der Waals surface area contributed by atoms with Crippen molar-refractivity contribution in [3.63, 3.8) is 0 Å². The minimum Gasteiger partial charge on any atom is -0.488 e. The molecule has 0 spiro atoms. The normalized spacial score (nSPS) is 10.9. The van der Waals surface area contributed by atoms with E-state index in [0.29, 0.717) is 5.56 Å². The average Bonchev–Trinajstić information content (AvgIpc) is 3.01. The first kappa shape index (κ1) is 32.8. The van der Waals surface area contributed by atoms with Gasteiger partial charge in [-0.15, -0.1) is 0 Å². The lowest BCUT2D eigenvalue weighted by Crippen LogP contribution is -2.35. The van der Waals surface area contributed by atoms with Crippen LogP contribution in [-0.4, -0.2) is 88.7 Å². The van der Waals surface area contributed by atoms with Crippen molar-refractivity contribution in [1.82, 2.24) is 4.98 Å². The Balaban J connectivity index is 1.56. The zero-order valence-corrected chi connectivity index (χ0v) is 24.5. The van der Waals surface area contributed by atoms with Crippen LogP contribution in [0.3, 0.4) is 0 Å². The number of hydrogen-bond acceptors (Lipinski definition) is 9. The van der Waals surface area contributed by atoms with Gasteiger partial charge in [-0.2, -0.15) is 0 Å². The molecule has 4 aromatic rings. The molecular weight excluding hydrogens is 598 g/mol.